The normalized spacial score (nSPS) is 10.6. The molecule has 1 aromatic rings. The van der Waals surface area contributed by atoms with Crippen LogP contribution in [0, 0.1) is 0 Å². The first-order valence-corrected chi connectivity index (χ1v) is 4.67. The molecule has 1 aromatic heterocycles. The number of hydrogen-bond donors (Lipinski definition) is 2. The lowest BCUT2D eigenvalue weighted by Crippen LogP contribution is -2.33. The Balaban J connectivity index is 0. The molecule has 0 bridgehead atoms. The Morgan fingerprint density at radius 3 is 2.69 bits per heavy atom. The molecule has 1 rings (SSSR count). The fourth-order valence-electron chi connectivity index (χ4n) is 1.26. The molecule has 0 saturated carbocycles. The number of aromatic nitrogens is 1. The van der Waals surface area contributed by atoms with Gasteiger partial charge < -0.3 is 11.1 Å². The van der Waals surface area contributed by atoms with Gasteiger partial charge in [-0.05, 0) is 18.1 Å². The Kier molecular flexibility index (Phi) is 10.3. The molecule has 4 nitrogen and oxygen atoms in total. The highest BCUT2D eigenvalue weighted by Crippen LogP contribution is 2.14. The summed E-state index contributed by atoms with van der Waals surface area (Å²) in [6, 6.07) is 3.81. The van der Waals surface area contributed by atoms with Crippen LogP contribution in [0.5, 0.6) is 0 Å². The lowest BCUT2D eigenvalue weighted by Gasteiger charge is -2.16. The third kappa shape index (κ3) is 5.30. The number of carbonyl (C=O) groups is 1. The highest BCUT2D eigenvalue weighted by molar-refractivity contribution is 5.85. The van der Waals surface area contributed by atoms with Crippen molar-refractivity contribution in [1.29, 1.82) is 0 Å². The van der Waals surface area contributed by atoms with Crippen LogP contribution in [0.2, 0.25) is 0 Å². The first kappa shape index (κ1) is 17.6. The zero-order valence-corrected chi connectivity index (χ0v) is 10.7. The first-order chi connectivity index (χ1) is 6.77. The predicted octanol–water partition coefficient (Wildman–Crippen LogP) is 1.45. The first-order valence-electron chi connectivity index (χ1n) is 4.67. The molecule has 1 heterocycles. The van der Waals surface area contributed by atoms with E-state index in [-0.39, 0.29) is 43.3 Å². The van der Waals surface area contributed by atoms with Crippen molar-refractivity contribution < 1.29 is 4.79 Å². The maximum Gasteiger partial charge on any atom is 0.234 e. The van der Waals surface area contributed by atoms with E-state index in [9.17, 15) is 4.79 Å². The summed E-state index contributed by atoms with van der Waals surface area (Å²) in [4.78, 5) is 15.1. The van der Waals surface area contributed by atoms with Crippen molar-refractivity contribution in [3.8, 4) is 0 Å². The number of rotatable bonds is 4. The summed E-state index contributed by atoms with van der Waals surface area (Å²) < 4.78 is 0. The van der Waals surface area contributed by atoms with Crippen LogP contribution in [0.1, 0.15) is 24.9 Å². The maximum atomic E-state index is 11.1. The van der Waals surface area contributed by atoms with Gasteiger partial charge in [-0.25, -0.2) is 0 Å². The second-order valence-corrected chi connectivity index (χ2v) is 3.02. The minimum absolute atomic E-state index is 0. The molecular formula is C10H17Cl2N3O. The highest BCUT2D eigenvalue weighted by Gasteiger charge is 2.10. The van der Waals surface area contributed by atoms with Gasteiger partial charge in [-0.2, -0.15) is 0 Å². The minimum Gasteiger partial charge on any atom is -0.348 e. The molecule has 6 heteroatoms. The molecule has 0 spiro atoms. The van der Waals surface area contributed by atoms with Gasteiger partial charge in [-0.3, -0.25) is 9.78 Å². The van der Waals surface area contributed by atoms with Crippen molar-refractivity contribution in [1.82, 2.24) is 10.3 Å². The Morgan fingerprint density at radius 2 is 2.25 bits per heavy atom. The van der Waals surface area contributed by atoms with E-state index in [1.807, 2.05) is 19.1 Å². The molecular weight excluding hydrogens is 249 g/mol. The number of amides is 1. The van der Waals surface area contributed by atoms with Crippen molar-refractivity contribution in [2.24, 2.45) is 5.73 Å². The van der Waals surface area contributed by atoms with Gasteiger partial charge in [-0.1, -0.05) is 13.0 Å². The van der Waals surface area contributed by atoms with E-state index in [1.165, 1.54) is 0 Å². The van der Waals surface area contributed by atoms with Gasteiger partial charge in [0.2, 0.25) is 5.91 Å². The molecule has 1 atom stereocenters. The number of pyridine rings is 1. The molecule has 3 N–H and O–H groups in total. The van der Waals surface area contributed by atoms with Crippen LogP contribution >= 0.6 is 24.8 Å². The molecule has 1 unspecified atom stereocenters. The number of carbonyl (C=O) groups excluding carboxylic acids is 1. The summed E-state index contributed by atoms with van der Waals surface area (Å²) in [6.45, 7) is 2.03. The standard InChI is InChI=1S/C10H15N3O.2ClH/c1-2-9(13-10(14)6-11)8-4-3-5-12-7-8;;/h3-5,7,9H,2,6,11H2,1H3,(H,13,14);2*1H. The molecule has 0 fully saturated rings. The van der Waals surface area contributed by atoms with Crippen LogP contribution in [-0.2, 0) is 4.79 Å². The fraction of sp³-hybridized carbons (Fsp3) is 0.400. The van der Waals surface area contributed by atoms with Crippen molar-refractivity contribution in [2.75, 3.05) is 6.54 Å². The van der Waals surface area contributed by atoms with E-state index in [1.54, 1.807) is 12.4 Å². The van der Waals surface area contributed by atoms with Gasteiger partial charge in [0, 0.05) is 12.4 Å². The molecule has 0 radical (unpaired) electrons. The molecule has 0 aliphatic rings. The van der Waals surface area contributed by atoms with Gasteiger partial charge in [0.05, 0.1) is 12.6 Å². The molecule has 0 aromatic carbocycles. The number of nitrogens with two attached hydrogens (primary N) is 1. The second kappa shape index (κ2) is 9.39. The molecule has 92 valence electrons. The fourth-order valence-corrected chi connectivity index (χ4v) is 1.26. The summed E-state index contributed by atoms with van der Waals surface area (Å²) in [7, 11) is 0. The Labute approximate surface area is 108 Å². The van der Waals surface area contributed by atoms with Gasteiger partial charge in [0.1, 0.15) is 0 Å². The predicted molar refractivity (Wildman–Crippen MR) is 69.0 cm³/mol. The van der Waals surface area contributed by atoms with Crippen molar-refractivity contribution in [2.45, 2.75) is 19.4 Å². The molecule has 0 aliphatic heterocycles. The summed E-state index contributed by atoms with van der Waals surface area (Å²) in [5.41, 5.74) is 6.24. The van der Waals surface area contributed by atoms with Crippen molar-refractivity contribution in [3.63, 3.8) is 0 Å². The lowest BCUT2D eigenvalue weighted by molar-refractivity contribution is -0.120. The van der Waals surface area contributed by atoms with E-state index in [4.69, 9.17) is 5.73 Å². The van der Waals surface area contributed by atoms with E-state index < -0.39 is 0 Å². The summed E-state index contributed by atoms with van der Waals surface area (Å²) in [6.07, 6.45) is 4.30. The van der Waals surface area contributed by atoms with Gasteiger partial charge >= 0.3 is 0 Å². The molecule has 1 amide bonds. The molecule has 16 heavy (non-hydrogen) atoms. The third-order valence-electron chi connectivity index (χ3n) is 2.02. The molecule has 0 saturated heterocycles. The van der Waals surface area contributed by atoms with Crippen LogP contribution < -0.4 is 11.1 Å². The lowest BCUT2D eigenvalue weighted by atomic mass is 10.1. The van der Waals surface area contributed by atoms with Crippen LogP contribution in [0.3, 0.4) is 0 Å². The van der Waals surface area contributed by atoms with Crippen molar-refractivity contribution in [3.05, 3.63) is 30.1 Å². The molecule has 0 aliphatic carbocycles. The quantitative estimate of drug-likeness (QED) is 0.866. The van der Waals surface area contributed by atoms with Crippen LogP contribution in [0.4, 0.5) is 0 Å². The van der Waals surface area contributed by atoms with Gasteiger partial charge in [0.25, 0.3) is 0 Å². The average Bonchev–Trinajstić information content (AvgIpc) is 2.26. The number of nitrogens with one attached hydrogen (secondary N) is 1. The SMILES string of the molecule is CCC(NC(=O)CN)c1cccnc1.Cl.Cl. The van der Waals surface area contributed by atoms with Crippen LogP contribution in [-0.4, -0.2) is 17.4 Å². The highest BCUT2D eigenvalue weighted by atomic mass is 35.5. The summed E-state index contributed by atoms with van der Waals surface area (Å²) in [5, 5.41) is 2.83. The minimum atomic E-state index is -0.138. The largest absolute Gasteiger partial charge is 0.348 e. The maximum absolute atomic E-state index is 11.1. The Morgan fingerprint density at radius 1 is 1.56 bits per heavy atom. The van der Waals surface area contributed by atoms with Gasteiger partial charge in [-0.15, -0.1) is 24.8 Å². The van der Waals surface area contributed by atoms with E-state index >= 15 is 0 Å². The van der Waals surface area contributed by atoms with Gasteiger partial charge in [0.15, 0.2) is 0 Å². The van der Waals surface area contributed by atoms with Crippen molar-refractivity contribution >= 4 is 30.7 Å². The number of halogens is 2. The van der Waals surface area contributed by atoms with Crippen LogP contribution in [0.15, 0.2) is 24.5 Å². The number of nitrogens with zero attached hydrogens (tertiary/aromatic N) is 1. The van der Waals surface area contributed by atoms with E-state index in [2.05, 4.69) is 10.3 Å². The number of hydrogen-bond acceptors (Lipinski definition) is 3. The third-order valence-corrected chi connectivity index (χ3v) is 2.02. The van der Waals surface area contributed by atoms with E-state index in [0.717, 1.165) is 12.0 Å². The summed E-state index contributed by atoms with van der Waals surface area (Å²) in [5.74, 6) is -0.138. The smallest absolute Gasteiger partial charge is 0.234 e. The van der Waals surface area contributed by atoms with Crippen LogP contribution in [0.25, 0.3) is 0 Å². The van der Waals surface area contributed by atoms with E-state index in [0.29, 0.717) is 0 Å². The second-order valence-electron chi connectivity index (χ2n) is 3.02. The monoisotopic (exact) mass is 265 g/mol. The Hall–Kier alpha value is -0.840. The average molecular weight is 266 g/mol. The zero-order valence-electron chi connectivity index (χ0n) is 9.05. The topological polar surface area (TPSA) is 68.0 Å². The zero-order chi connectivity index (χ0) is 10.4. The summed E-state index contributed by atoms with van der Waals surface area (Å²) >= 11 is 0. The Bertz CT molecular complexity index is 295.